The number of benzene rings is 1. The summed E-state index contributed by atoms with van der Waals surface area (Å²) in [5.41, 5.74) is -0.785. The molecule has 3 aliphatic rings. The zero-order chi connectivity index (χ0) is 32.3. The normalized spacial score (nSPS) is 28.4. The Morgan fingerprint density at radius 1 is 1.25 bits per heavy atom. The van der Waals surface area contributed by atoms with Crippen molar-refractivity contribution in [3.05, 3.63) is 54.6 Å². The summed E-state index contributed by atoms with van der Waals surface area (Å²) in [7, 11) is 0. The number of amides is 3. The van der Waals surface area contributed by atoms with Crippen molar-refractivity contribution in [3.63, 3.8) is 0 Å². The molecule has 4 rings (SSSR count). The van der Waals surface area contributed by atoms with Crippen LogP contribution in [-0.4, -0.2) is 88.1 Å². The van der Waals surface area contributed by atoms with Crippen molar-refractivity contribution in [3.8, 4) is 0 Å². The van der Waals surface area contributed by atoms with Crippen molar-refractivity contribution in [1.29, 1.82) is 0 Å². The van der Waals surface area contributed by atoms with Gasteiger partial charge in [-0.2, -0.15) is 0 Å². The molecule has 3 aliphatic heterocycles. The molecule has 2 N–H and O–H groups in total. The van der Waals surface area contributed by atoms with Gasteiger partial charge < -0.3 is 29.7 Å². The first-order valence-electron chi connectivity index (χ1n) is 14.9. The monoisotopic (exact) mass is 693 g/mol. The van der Waals surface area contributed by atoms with Gasteiger partial charge in [0.15, 0.2) is 0 Å². The zero-order valence-electron chi connectivity index (χ0n) is 25.3. The van der Waals surface area contributed by atoms with Crippen LogP contribution in [0.1, 0.15) is 40.0 Å². The first-order valence-corrected chi connectivity index (χ1v) is 16.2. The topological polar surface area (TPSA) is 125 Å². The minimum atomic E-state index is -1.34. The molecule has 240 valence electrons. The molecule has 8 atom stereocenters. The largest absolute Gasteiger partial charge is 0.460 e. The van der Waals surface area contributed by atoms with Gasteiger partial charge in [0, 0.05) is 28.5 Å². The minimum Gasteiger partial charge on any atom is -0.460 e. The Kier molecular flexibility index (Phi) is 11.0. The highest BCUT2D eigenvalue weighted by atomic mass is 79.9. The number of fused-ring (bicyclic) bond motifs is 1. The van der Waals surface area contributed by atoms with Gasteiger partial charge >= 0.3 is 5.97 Å². The zero-order valence-corrected chi connectivity index (χ0v) is 27.6. The molecule has 10 nitrogen and oxygen atoms in total. The predicted molar refractivity (Wildman–Crippen MR) is 170 cm³/mol. The van der Waals surface area contributed by atoms with E-state index in [1.807, 2.05) is 13.8 Å². The number of likely N-dealkylation sites (tertiary alicyclic amines) is 1. The molecular formula is C32H41BrClN3O7. The van der Waals surface area contributed by atoms with E-state index in [4.69, 9.17) is 21.1 Å². The van der Waals surface area contributed by atoms with Crippen LogP contribution in [0, 0.1) is 17.8 Å². The van der Waals surface area contributed by atoms with E-state index in [9.17, 15) is 24.3 Å². The van der Waals surface area contributed by atoms with Crippen LogP contribution in [0.4, 0.5) is 5.69 Å². The van der Waals surface area contributed by atoms with Crippen molar-refractivity contribution in [2.24, 2.45) is 17.8 Å². The number of aliphatic hydroxyl groups excluding tert-OH is 1. The molecule has 12 heteroatoms. The second-order valence-corrected chi connectivity index (χ2v) is 13.6. The second kappa shape index (κ2) is 14.1. The van der Waals surface area contributed by atoms with Gasteiger partial charge in [0.25, 0.3) is 5.91 Å². The summed E-state index contributed by atoms with van der Waals surface area (Å²) in [6.07, 6.45) is 2.97. The molecule has 3 fully saturated rings. The number of anilines is 1. The number of nitrogens with one attached hydrogen (secondary N) is 1. The predicted octanol–water partition coefficient (Wildman–Crippen LogP) is 3.64. The van der Waals surface area contributed by atoms with Crippen molar-refractivity contribution >= 4 is 56.9 Å². The van der Waals surface area contributed by atoms with Crippen LogP contribution < -0.4 is 10.2 Å². The molecule has 0 aromatic heterocycles. The number of allylic oxidation sites excluding steroid dienone is 1. The first-order chi connectivity index (χ1) is 20.9. The number of nitrogens with zero attached hydrogens (tertiary/aromatic N) is 2. The number of aliphatic hydroxyl groups is 1. The van der Waals surface area contributed by atoms with Crippen LogP contribution in [0.5, 0.6) is 0 Å². The molecule has 1 aromatic carbocycles. The van der Waals surface area contributed by atoms with Gasteiger partial charge in [0.2, 0.25) is 11.8 Å². The summed E-state index contributed by atoms with van der Waals surface area (Å²) in [6.45, 7) is 12.7. The van der Waals surface area contributed by atoms with E-state index >= 15 is 0 Å². The Hall–Kier alpha value is -2.73. The average molecular weight is 695 g/mol. The average Bonchev–Trinajstić information content (AvgIpc) is 3.57. The molecule has 3 saturated heterocycles. The number of ether oxygens (including phenoxy) is 2. The van der Waals surface area contributed by atoms with E-state index in [2.05, 4.69) is 34.4 Å². The number of esters is 1. The van der Waals surface area contributed by atoms with E-state index in [0.29, 0.717) is 23.6 Å². The summed E-state index contributed by atoms with van der Waals surface area (Å²) >= 11 is 9.78. The molecule has 0 saturated carbocycles. The third-order valence-electron chi connectivity index (χ3n) is 8.74. The lowest BCUT2D eigenvalue weighted by molar-refractivity contribution is -0.159. The van der Waals surface area contributed by atoms with E-state index in [0.717, 1.165) is 0 Å². The maximum atomic E-state index is 14.6. The number of hydrogen-bond donors (Lipinski definition) is 2. The Labute approximate surface area is 271 Å². The van der Waals surface area contributed by atoms with Gasteiger partial charge in [0.1, 0.15) is 17.7 Å². The fourth-order valence-corrected chi connectivity index (χ4v) is 7.78. The van der Waals surface area contributed by atoms with Crippen LogP contribution in [0.2, 0.25) is 5.02 Å². The van der Waals surface area contributed by atoms with Gasteiger partial charge in [-0.15, -0.1) is 13.2 Å². The number of carbonyl (C=O) groups excluding carboxylic acids is 4. The smallest absolute Gasteiger partial charge is 0.312 e. The summed E-state index contributed by atoms with van der Waals surface area (Å²) in [5.74, 6) is -3.86. The Morgan fingerprint density at radius 2 is 1.93 bits per heavy atom. The third kappa shape index (κ3) is 6.34. The van der Waals surface area contributed by atoms with Gasteiger partial charge in [-0.25, -0.2) is 0 Å². The summed E-state index contributed by atoms with van der Waals surface area (Å²) in [6, 6.07) is 4.94. The number of rotatable bonds is 14. The number of halogens is 2. The molecule has 1 spiro atoms. The van der Waals surface area contributed by atoms with Crippen molar-refractivity contribution in [2.45, 2.75) is 74.8 Å². The van der Waals surface area contributed by atoms with Crippen LogP contribution in [0.25, 0.3) is 0 Å². The standard InChI is InChI=1S/C32H41BrClN3O7/c1-6-8-9-24(39)35-16-19(5)43-31(42)25-26-29(40)37(23(17-38)18(3)4)28(32(26)15-22(33)27(25)44-32)30(41)36(14-7-2)21-12-10-20(34)11-13-21/h6-7,10-13,18-19,22-23,25-28,38H,1-2,8-9,14-17H2,3-5H3,(H,35,39)/t19-,22?,23+,25+,26-,27+,28+,32-/m1/s1. The van der Waals surface area contributed by atoms with Crippen LogP contribution >= 0.6 is 27.5 Å². The van der Waals surface area contributed by atoms with Gasteiger partial charge in [-0.1, -0.05) is 53.5 Å². The van der Waals surface area contributed by atoms with E-state index < -0.39 is 59.5 Å². The molecule has 3 heterocycles. The molecule has 0 radical (unpaired) electrons. The molecule has 2 bridgehead atoms. The van der Waals surface area contributed by atoms with Gasteiger partial charge in [0.05, 0.1) is 37.1 Å². The number of carbonyl (C=O) groups is 4. The van der Waals surface area contributed by atoms with Crippen LogP contribution in [0.15, 0.2) is 49.6 Å². The lowest BCUT2D eigenvalue weighted by Gasteiger charge is -2.40. The van der Waals surface area contributed by atoms with E-state index in [1.165, 1.54) is 9.80 Å². The molecule has 44 heavy (non-hydrogen) atoms. The van der Waals surface area contributed by atoms with Gasteiger partial charge in [-0.3, -0.25) is 19.2 Å². The Bertz CT molecular complexity index is 1280. The quantitative estimate of drug-likeness (QED) is 0.173. The Balaban J connectivity index is 1.69. The first kappa shape index (κ1) is 34.1. The number of hydrogen-bond acceptors (Lipinski definition) is 7. The summed E-state index contributed by atoms with van der Waals surface area (Å²) in [5, 5.41) is 13.7. The fourth-order valence-electron chi connectivity index (χ4n) is 6.71. The fraction of sp³-hybridized carbons (Fsp3) is 0.562. The molecule has 0 aliphatic carbocycles. The van der Waals surface area contributed by atoms with Gasteiger partial charge in [-0.05, 0) is 49.9 Å². The highest BCUT2D eigenvalue weighted by molar-refractivity contribution is 9.09. The summed E-state index contributed by atoms with van der Waals surface area (Å²) < 4.78 is 12.3. The number of alkyl halides is 1. The highest BCUT2D eigenvalue weighted by Gasteiger charge is 2.77. The summed E-state index contributed by atoms with van der Waals surface area (Å²) in [4.78, 5) is 57.5. The SMILES string of the molecule is C=CCCC(=O)NC[C@@H](C)OC(=O)[C@@H]1[C@H]2O[C@@]3(CC2Br)[C@H](C(=O)N(CC=C)c2ccc(Cl)cc2)N([C@@H](CO)C(C)C)C(=O)[C@@H]13. The van der Waals surface area contributed by atoms with E-state index in [1.54, 1.807) is 43.3 Å². The minimum absolute atomic E-state index is 0.103. The second-order valence-electron chi connectivity index (χ2n) is 12.0. The van der Waals surface area contributed by atoms with Crippen molar-refractivity contribution < 1.29 is 33.8 Å². The Morgan fingerprint density at radius 3 is 2.52 bits per heavy atom. The maximum absolute atomic E-state index is 14.6. The highest BCUT2D eigenvalue weighted by Crippen LogP contribution is 2.61. The van der Waals surface area contributed by atoms with Crippen LogP contribution in [0.3, 0.4) is 0 Å². The lowest BCUT2D eigenvalue weighted by Crippen LogP contribution is -2.60. The molecule has 1 aromatic rings. The van der Waals surface area contributed by atoms with E-state index in [-0.39, 0.29) is 42.8 Å². The molecule has 1 unspecified atom stereocenters. The lowest BCUT2D eigenvalue weighted by atomic mass is 9.70. The van der Waals surface area contributed by atoms with Crippen LogP contribution in [-0.2, 0) is 28.7 Å². The van der Waals surface area contributed by atoms with Crippen molar-refractivity contribution in [2.75, 3.05) is 24.6 Å². The molecule has 3 amide bonds. The molecular weight excluding hydrogens is 654 g/mol. The third-order valence-corrected chi connectivity index (χ3v) is 9.84. The maximum Gasteiger partial charge on any atom is 0.312 e. The van der Waals surface area contributed by atoms with Crippen molar-refractivity contribution in [1.82, 2.24) is 10.2 Å².